The molecule has 288 valence electrons. The monoisotopic (exact) mass is 762 g/mol. The van der Waals surface area contributed by atoms with E-state index in [0.29, 0.717) is 33.4 Å². The summed E-state index contributed by atoms with van der Waals surface area (Å²) in [6, 6.07) is 51.6. The first-order chi connectivity index (χ1) is 27.8. The third-order valence-corrected chi connectivity index (χ3v) is 9.46. The van der Waals surface area contributed by atoms with Crippen molar-refractivity contribution in [1.82, 2.24) is 15.0 Å². The van der Waals surface area contributed by atoms with Crippen LogP contribution >= 0.6 is 0 Å². The highest BCUT2D eigenvalue weighted by Crippen LogP contribution is 2.39. The summed E-state index contributed by atoms with van der Waals surface area (Å²) in [6.07, 6.45) is -9.40. The molecule has 12 heteroatoms. The fourth-order valence-corrected chi connectivity index (χ4v) is 6.46. The predicted octanol–water partition coefficient (Wildman–Crippen LogP) is 6.44. The Morgan fingerprint density at radius 2 is 0.386 bits per heavy atom. The van der Waals surface area contributed by atoms with Gasteiger partial charge in [-0.05, 0) is 0 Å². The third-order valence-electron chi connectivity index (χ3n) is 9.46. The Labute approximate surface area is 330 Å². The smallest absolute Gasteiger partial charge is 0.236 e. The largest absolute Gasteiger partial charge is 0.369 e. The molecular weight excluding hydrogens is 721 g/mol. The Bertz CT molecular complexity index is 1870. The van der Waals surface area contributed by atoms with Gasteiger partial charge in [0.15, 0.2) is 37.4 Å². The minimum atomic E-state index is -1.57. The van der Waals surface area contributed by atoms with Gasteiger partial charge in [0, 0.05) is 33.4 Å². The van der Waals surface area contributed by atoms with Gasteiger partial charge in [-0.15, -0.1) is 0 Å². The van der Waals surface area contributed by atoms with E-state index in [9.17, 15) is 30.6 Å². The molecule has 0 aliphatic rings. The quantitative estimate of drug-likeness (QED) is 0.0634. The lowest BCUT2D eigenvalue weighted by atomic mass is 10.1. The molecule has 0 aliphatic carbocycles. The number of anilines is 3. The Hall–Kier alpha value is -6.51. The lowest BCUT2D eigenvalue weighted by Gasteiger charge is -2.38. The minimum Gasteiger partial charge on any atom is -0.369 e. The number of aliphatic hydroxyl groups excluding tert-OH is 6. The van der Waals surface area contributed by atoms with Crippen molar-refractivity contribution >= 4 is 17.8 Å². The van der Waals surface area contributed by atoms with E-state index < -0.39 is 37.4 Å². The van der Waals surface area contributed by atoms with Crippen LogP contribution in [0.1, 0.15) is 70.7 Å². The number of aliphatic hydroxyl groups is 6. The van der Waals surface area contributed by atoms with Crippen molar-refractivity contribution in [2.75, 3.05) is 14.7 Å². The summed E-state index contributed by atoms with van der Waals surface area (Å²) in [5, 5.41) is 72.7. The van der Waals surface area contributed by atoms with Crippen LogP contribution in [0, 0.1) is 0 Å². The average molecular weight is 763 g/mol. The first-order valence-electron chi connectivity index (χ1n) is 18.3. The SMILES string of the molecule is OC(c1ccccc1)N(c1nc(N(C(O)c2ccccc2)C(O)c2ccccc2)nc(N(C(O)c2ccccc2)C(O)c2ccccc2)n1)C(O)c1ccccc1. The van der Waals surface area contributed by atoms with Crippen LogP contribution in [0.5, 0.6) is 0 Å². The van der Waals surface area contributed by atoms with Gasteiger partial charge in [0.1, 0.15) is 0 Å². The molecule has 6 aromatic carbocycles. The molecule has 0 amide bonds. The number of rotatable bonds is 15. The van der Waals surface area contributed by atoms with Crippen molar-refractivity contribution < 1.29 is 30.6 Å². The maximum Gasteiger partial charge on any atom is 0.236 e. The Balaban J connectivity index is 1.51. The highest BCUT2D eigenvalue weighted by Gasteiger charge is 2.37. The number of hydrogen-bond acceptors (Lipinski definition) is 12. The zero-order valence-corrected chi connectivity index (χ0v) is 30.7. The molecule has 0 bridgehead atoms. The summed E-state index contributed by atoms with van der Waals surface area (Å²) in [7, 11) is 0. The first-order valence-corrected chi connectivity index (χ1v) is 18.3. The molecule has 1 heterocycles. The van der Waals surface area contributed by atoms with Gasteiger partial charge < -0.3 is 30.6 Å². The van der Waals surface area contributed by atoms with Gasteiger partial charge in [0.05, 0.1) is 0 Å². The van der Waals surface area contributed by atoms with E-state index in [4.69, 9.17) is 15.0 Å². The Morgan fingerprint density at radius 3 is 0.526 bits per heavy atom. The van der Waals surface area contributed by atoms with Gasteiger partial charge in [-0.2, -0.15) is 15.0 Å². The summed E-state index contributed by atoms with van der Waals surface area (Å²) in [4.78, 5) is 17.8. The van der Waals surface area contributed by atoms with Crippen molar-refractivity contribution in [1.29, 1.82) is 0 Å². The van der Waals surface area contributed by atoms with Crippen LogP contribution in [0.4, 0.5) is 17.8 Å². The van der Waals surface area contributed by atoms with E-state index in [0.717, 1.165) is 14.7 Å². The third kappa shape index (κ3) is 8.67. The van der Waals surface area contributed by atoms with Crippen LogP contribution in [-0.4, -0.2) is 45.6 Å². The van der Waals surface area contributed by atoms with Crippen LogP contribution in [0.25, 0.3) is 0 Å². The van der Waals surface area contributed by atoms with Crippen molar-refractivity contribution in [3.8, 4) is 0 Å². The van der Waals surface area contributed by atoms with E-state index in [2.05, 4.69) is 0 Å². The van der Waals surface area contributed by atoms with E-state index in [1.54, 1.807) is 182 Å². The van der Waals surface area contributed by atoms with Gasteiger partial charge in [0.25, 0.3) is 0 Å². The molecule has 0 spiro atoms. The van der Waals surface area contributed by atoms with Gasteiger partial charge in [-0.3, -0.25) is 14.7 Å². The van der Waals surface area contributed by atoms with Crippen LogP contribution in [0.15, 0.2) is 182 Å². The van der Waals surface area contributed by atoms with Gasteiger partial charge >= 0.3 is 0 Å². The molecule has 0 aliphatic heterocycles. The molecule has 6 atom stereocenters. The average Bonchev–Trinajstić information content (AvgIpc) is 3.28. The van der Waals surface area contributed by atoms with Gasteiger partial charge in [0.2, 0.25) is 17.8 Å². The minimum absolute atomic E-state index is 0.321. The fraction of sp³-hybridized carbons (Fsp3) is 0.133. The van der Waals surface area contributed by atoms with Crippen molar-refractivity contribution in [2.45, 2.75) is 37.4 Å². The second-order valence-corrected chi connectivity index (χ2v) is 13.2. The topological polar surface area (TPSA) is 170 Å². The van der Waals surface area contributed by atoms with Crippen molar-refractivity contribution in [3.05, 3.63) is 215 Å². The summed E-state index contributed by atoms with van der Waals surface area (Å²) in [6.45, 7) is 0. The zero-order valence-electron chi connectivity index (χ0n) is 30.7. The summed E-state index contributed by atoms with van der Waals surface area (Å²) >= 11 is 0. The number of benzene rings is 6. The normalized spacial score (nSPS) is 14.4. The molecule has 0 fully saturated rings. The molecule has 6 unspecified atom stereocenters. The Morgan fingerprint density at radius 1 is 0.246 bits per heavy atom. The maximum absolute atomic E-state index is 12.1. The lowest BCUT2D eigenvalue weighted by Crippen LogP contribution is -2.39. The first kappa shape index (κ1) is 38.8. The van der Waals surface area contributed by atoms with E-state index in [-0.39, 0.29) is 17.8 Å². The second-order valence-electron chi connectivity index (χ2n) is 13.2. The standard InChI is InChI=1S/C45H42N6O6/c52-37(31-19-7-1-8-20-31)49(38(53)32-21-9-2-10-22-32)43-46-44(50(39(54)33-23-11-3-12-24-33)40(55)34-25-13-4-14-26-34)48-45(47-43)51(41(56)35-27-15-5-16-28-35)42(57)36-29-17-6-18-30-36/h1-30,37-42,52-57H. The van der Waals surface area contributed by atoms with Gasteiger partial charge in [-0.1, -0.05) is 182 Å². The second kappa shape index (κ2) is 18.0. The predicted molar refractivity (Wildman–Crippen MR) is 216 cm³/mol. The summed E-state index contributed by atoms with van der Waals surface area (Å²) < 4.78 is 0. The molecule has 7 aromatic rings. The molecule has 0 saturated heterocycles. The summed E-state index contributed by atoms with van der Waals surface area (Å²) in [5.74, 6) is -0.962. The molecule has 0 saturated carbocycles. The van der Waals surface area contributed by atoms with E-state index in [1.165, 1.54) is 0 Å². The molecule has 1 aromatic heterocycles. The highest BCUT2D eigenvalue weighted by molar-refractivity contribution is 5.52. The van der Waals surface area contributed by atoms with Crippen LogP contribution in [0.3, 0.4) is 0 Å². The maximum atomic E-state index is 12.1. The van der Waals surface area contributed by atoms with E-state index in [1.807, 2.05) is 0 Å². The van der Waals surface area contributed by atoms with Crippen LogP contribution < -0.4 is 14.7 Å². The Kier molecular flexibility index (Phi) is 12.2. The van der Waals surface area contributed by atoms with Crippen molar-refractivity contribution in [3.63, 3.8) is 0 Å². The van der Waals surface area contributed by atoms with Gasteiger partial charge in [-0.25, -0.2) is 0 Å². The fourth-order valence-electron chi connectivity index (χ4n) is 6.46. The molecule has 6 N–H and O–H groups in total. The van der Waals surface area contributed by atoms with Crippen LogP contribution in [0.2, 0.25) is 0 Å². The summed E-state index contributed by atoms with van der Waals surface area (Å²) in [5.41, 5.74) is 2.29. The zero-order chi connectivity index (χ0) is 39.7. The number of hydrogen-bond donors (Lipinski definition) is 6. The van der Waals surface area contributed by atoms with Crippen molar-refractivity contribution in [2.24, 2.45) is 0 Å². The van der Waals surface area contributed by atoms with E-state index >= 15 is 0 Å². The lowest BCUT2D eigenvalue weighted by molar-refractivity contribution is 0.0762. The molecular formula is C45H42N6O6. The molecule has 57 heavy (non-hydrogen) atoms. The number of aromatic nitrogens is 3. The molecule has 0 radical (unpaired) electrons. The van der Waals surface area contributed by atoms with Crippen LogP contribution in [-0.2, 0) is 0 Å². The molecule has 12 nitrogen and oxygen atoms in total. The highest BCUT2D eigenvalue weighted by atomic mass is 16.3. The number of nitrogens with zero attached hydrogens (tertiary/aromatic N) is 6. The molecule has 7 rings (SSSR count).